The van der Waals surface area contributed by atoms with E-state index >= 15 is 0 Å². The fourth-order valence-electron chi connectivity index (χ4n) is 3.09. The predicted molar refractivity (Wildman–Crippen MR) is 115 cm³/mol. The number of amides is 2. The fraction of sp³-hybridized carbons (Fsp3) is 0.476. The quantitative estimate of drug-likeness (QED) is 0.595. The zero-order chi connectivity index (χ0) is 19.9. The van der Waals surface area contributed by atoms with Gasteiger partial charge in [0.15, 0.2) is 0 Å². The number of thioether (sulfide) groups is 1. The third-order valence-corrected chi connectivity index (χ3v) is 5.67. The van der Waals surface area contributed by atoms with Crippen LogP contribution in [0.5, 0.6) is 0 Å². The van der Waals surface area contributed by atoms with Gasteiger partial charge in [-0.25, -0.2) is 14.8 Å². The highest BCUT2D eigenvalue weighted by molar-refractivity contribution is 7.99. The van der Waals surface area contributed by atoms with Crippen LogP contribution in [0, 0.1) is 6.92 Å². The van der Waals surface area contributed by atoms with Gasteiger partial charge in [-0.15, -0.1) is 11.8 Å². The molecule has 0 bridgehead atoms. The van der Waals surface area contributed by atoms with Gasteiger partial charge in [-0.05, 0) is 19.1 Å². The molecule has 1 aliphatic heterocycles. The number of hydrogen-bond acceptors (Lipinski definition) is 5. The molecule has 0 aliphatic carbocycles. The third-order valence-electron chi connectivity index (χ3n) is 4.66. The Labute approximate surface area is 171 Å². The first kappa shape index (κ1) is 20.5. The van der Waals surface area contributed by atoms with Gasteiger partial charge in [0.25, 0.3) is 0 Å². The number of rotatable bonds is 6. The van der Waals surface area contributed by atoms with Gasteiger partial charge in [-0.2, -0.15) is 0 Å². The average Bonchev–Trinajstić information content (AvgIpc) is 2.71. The molecule has 0 radical (unpaired) electrons. The Balaban J connectivity index is 1.44. The van der Waals surface area contributed by atoms with Crippen LogP contribution < -0.4 is 10.2 Å². The molecule has 7 heteroatoms. The molecule has 1 aromatic heterocycles. The lowest BCUT2D eigenvalue weighted by molar-refractivity contribution is 0.195. The number of benzene rings is 1. The second kappa shape index (κ2) is 9.78. The van der Waals surface area contributed by atoms with Gasteiger partial charge in [-0.3, -0.25) is 0 Å². The molecule has 2 amide bonds. The third kappa shape index (κ3) is 5.61. The number of urea groups is 1. The van der Waals surface area contributed by atoms with Crippen LogP contribution in [0.4, 0.5) is 10.6 Å². The number of aryl methyl sites for hydroxylation is 1. The minimum atomic E-state index is 0.0232. The van der Waals surface area contributed by atoms with Crippen molar-refractivity contribution in [2.75, 3.05) is 43.4 Å². The Morgan fingerprint density at radius 3 is 2.54 bits per heavy atom. The lowest BCUT2D eigenvalue weighted by Crippen LogP contribution is -2.52. The lowest BCUT2D eigenvalue weighted by Gasteiger charge is -2.35. The maximum Gasteiger partial charge on any atom is 0.317 e. The first-order valence-corrected chi connectivity index (χ1v) is 10.8. The van der Waals surface area contributed by atoms with Crippen molar-refractivity contribution in [1.82, 2.24) is 20.2 Å². The molecular formula is C21H29N5OS. The molecule has 150 valence electrons. The number of nitrogens with zero attached hydrogens (tertiary/aromatic N) is 4. The van der Waals surface area contributed by atoms with Crippen LogP contribution in [0.2, 0.25) is 0 Å². The van der Waals surface area contributed by atoms with Crippen molar-refractivity contribution in [3.63, 3.8) is 0 Å². The number of carbonyl (C=O) groups excluding carboxylic acids is 1. The standard InChI is InChI=1S/C21H29N5OS/c1-16(2)20-23-17(3)15-19(24-20)25-10-12-26(13-11-25)21(27)22-9-14-28-18-7-5-4-6-8-18/h4-8,15-16H,9-14H2,1-3H3,(H,22,27). The van der Waals surface area contributed by atoms with Crippen LogP contribution in [-0.2, 0) is 0 Å². The topological polar surface area (TPSA) is 61.4 Å². The predicted octanol–water partition coefficient (Wildman–Crippen LogP) is 3.53. The molecule has 6 nitrogen and oxygen atoms in total. The number of hydrogen-bond donors (Lipinski definition) is 1. The summed E-state index contributed by atoms with van der Waals surface area (Å²) in [6.45, 7) is 9.89. The van der Waals surface area contributed by atoms with E-state index < -0.39 is 0 Å². The molecular weight excluding hydrogens is 370 g/mol. The summed E-state index contributed by atoms with van der Waals surface area (Å²) in [5.41, 5.74) is 0.991. The molecule has 1 aromatic carbocycles. The first-order valence-electron chi connectivity index (χ1n) is 9.84. The van der Waals surface area contributed by atoms with Crippen molar-refractivity contribution < 1.29 is 4.79 Å². The Hall–Kier alpha value is -2.28. The van der Waals surface area contributed by atoms with Gasteiger partial charge < -0.3 is 15.1 Å². The fourth-order valence-corrected chi connectivity index (χ4v) is 3.88. The molecule has 0 spiro atoms. The van der Waals surface area contributed by atoms with Crippen molar-refractivity contribution >= 4 is 23.6 Å². The number of carbonyl (C=O) groups is 1. The zero-order valence-corrected chi connectivity index (χ0v) is 17.7. The van der Waals surface area contributed by atoms with Crippen molar-refractivity contribution in [1.29, 1.82) is 0 Å². The molecule has 0 atom stereocenters. The summed E-state index contributed by atoms with van der Waals surface area (Å²) >= 11 is 1.76. The van der Waals surface area contributed by atoms with Crippen molar-refractivity contribution in [3.05, 3.63) is 47.9 Å². The highest BCUT2D eigenvalue weighted by atomic mass is 32.2. The Bertz CT molecular complexity index is 776. The highest BCUT2D eigenvalue weighted by Crippen LogP contribution is 2.19. The SMILES string of the molecule is Cc1cc(N2CCN(C(=O)NCCSc3ccccc3)CC2)nc(C(C)C)n1. The van der Waals surface area contributed by atoms with E-state index in [4.69, 9.17) is 4.98 Å². The molecule has 28 heavy (non-hydrogen) atoms. The van der Waals surface area contributed by atoms with Crippen LogP contribution in [0.3, 0.4) is 0 Å². The summed E-state index contributed by atoms with van der Waals surface area (Å²) in [5.74, 6) is 3.02. The summed E-state index contributed by atoms with van der Waals surface area (Å²) in [5, 5.41) is 3.03. The Morgan fingerprint density at radius 2 is 1.86 bits per heavy atom. The maximum absolute atomic E-state index is 12.4. The molecule has 2 aromatic rings. The van der Waals surface area contributed by atoms with Crippen LogP contribution in [0.15, 0.2) is 41.3 Å². The Morgan fingerprint density at radius 1 is 1.14 bits per heavy atom. The van der Waals surface area contributed by atoms with Crippen LogP contribution in [0.1, 0.15) is 31.3 Å². The summed E-state index contributed by atoms with van der Waals surface area (Å²) < 4.78 is 0. The van der Waals surface area contributed by atoms with Gasteiger partial charge in [0, 0.05) is 61.1 Å². The number of anilines is 1. The van der Waals surface area contributed by atoms with E-state index in [1.54, 1.807) is 11.8 Å². The van der Waals surface area contributed by atoms with E-state index in [-0.39, 0.29) is 6.03 Å². The van der Waals surface area contributed by atoms with E-state index in [0.717, 1.165) is 36.2 Å². The Kier molecular flexibility index (Phi) is 7.14. The van der Waals surface area contributed by atoms with E-state index in [9.17, 15) is 4.79 Å². The summed E-state index contributed by atoms with van der Waals surface area (Å²) in [6.07, 6.45) is 0. The first-order chi connectivity index (χ1) is 13.5. The molecule has 2 heterocycles. The van der Waals surface area contributed by atoms with Gasteiger partial charge >= 0.3 is 6.03 Å². The molecule has 1 aliphatic rings. The summed E-state index contributed by atoms with van der Waals surface area (Å²) in [4.78, 5) is 27.0. The van der Waals surface area contributed by atoms with Gasteiger partial charge in [0.2, 0.25) is 0 Å². The van der Waals surface area contributed by atoms with Crippen LogP contribution in [0.25, 0.3) is 0 Å². The minimum absolute atomic E-state index is 0.0232. The van der Waals surface area contributed by atoms with Gasteiger partial charge in [0.1, 0.15) is 11.6 Å². The monoisotopic (exact) mass is 399 g/mol. The minimum Gasteiger partial charge on any atom is -0.353 e. The summed E-state index contributed by atoms with van der Waals surface area (Å²) in [7, 11) is 0. The number of nitrogens with one attached hydrogen (secondary N) is 1. The molecule has 1 saturated heterocycles. The van der Waals surface area contributed by atoms with E-state index in [1.165, 1.54) is 4.90 Å². The van der Waals surface area contributed by atoms with Crippen molar-refractivity contribution in [3.8, 4) is 0 Å². The highest BCUT2D eigenvalue weighted by Gasteiger charge is 2.22. The van der Waals surface area contributed by atoms with Crippen LogP contribution in [-0.4, -0.2) is 59.4 Å². The zero-order valence-electron chi connectivity index (χ0n) is 16.9. The lowest BCUT2D eigenvalue weighted by atomic mass is 10.2. The molecule has 3 rings (SSSR count). The molecule has 1 N–H and O–H groups in total. The van der Waals surface area contributed by atoms with Crippen molar-refractivity contribution in [2.45, 2.75) is 31.6 Å². The number of piperazine rings is 1. The molecule has 0 unspecified atom stereocenters. The largest absolute Gasteiger partial charge is 0.353 e. The second-order valence-corrected chi connectivity index (χ2v) is 8.42. The van der Waals surface area contributed by atoms with Crippen LogP contribution >= 0.6 is 11.8 Å². The maximum atomic E-state index is 12.4. The normalized spacial score (nSPS) is 14.4. The molecule has 0 saturated carbocycles. The van der Waals surface area contributed by atoms with Crippen molar-refractivity contribution in [2.24, 2.45) is 0 Å². The van der Waals surface area contributed by atoms with Gasteiger partial charge in [0.05, 0.1) is 0 Å². The molecule has 1 fully saturated rings. The van der Waals surface area contributed by atoms with E-state index in [2.05, 4.69) is 41.2 Å². The van der Waals surface area contributed by atoms with Gasteiger partial charge in [-0.1, -0.05) is 32.0 Å². The average molecular weight is 400 g/mol. The number of aromatic nitrogens is 2. The second-order valence-electron chi connectivity index (χ2n) is 7.25. The van der Waals surface area contributed by atoms with E-state index in [1.807, 2.05) is 36.1 Å². The van der Waals surface area contributed by atoms with E-state index in [0.29, 0.717) is 25.6 Å². The summed E-state index contributed by atoms with van der Waals surface area (Å²) in [6, 6.07) is 12.3. The smallest absolute Gasteiger partial charge is 0.317 e.